The van der Waals surface area contributed by atoms with Crippen LogP contribution in [0.4, 0.5) is 0 Å². The van der Waals surface area contributed by atoms with Crippen molar-refractivity contribution in [3.05, 3.63) is 57.6 Å². The molecule has 0 spiro atoms. The molecule has 3 aromatic rings. The number of aromatic nitrogens is 2. The summed E-state index contributed by atoms with van der Waals surface area (Å²) in [6.45, 7) is 1.83. The van der Waals surface area contributed by atoms with Crippen molar-refractivity contribution >= 4 is 22.9 Å². The topological polar surface area (TPSA) is 42.2 Å². The van der Waals surface area contributed by atoms with Gasteiger partial charge in [-0.25, -0.2) is 0 Å². The van der Waals surface area contributed by atoms with Crippen LogP contribution < -0.4 is 0 Å². The maximum absolute atomic E-state index is 6.33. The smallest absolute Gasteiger partial charge is 0.248 e. The van der Waals surface area contributed by atoms with Crippen molar-refractivity contribution in [2.75, 3.05) is 6.54 Å². The number of hydrogen-bond acceptors (Lipinski definition) is 5. The Morgan fingerprint density at radius 1 is 1.21 bits per heavy atom. The van der Waals surface area contributed by atoms with Gasteiger partial charge in [0, 0.05) is 22.5 Å². The van der Waals surface area contributed by atoms with E-state index in [0.29, 0.717) is 11.8 Å². The lowest BCUT2D eigenvalue weighted by atomic mass is 10.0. The van der Waals surface area contributed by atoms with Crippen LogP contribution in [-0.4, -0.2) is 21.6 Å². The lowest BCUT2D eigenvalue weighted by molar-refractivity contribution is 0.118. The monoisotopic (exact) mass is 359 g/mol. The summed E-state index contributed by atoms with van der Waals surface area (Å²) in [5.41, 5.74) is 2.14. The molecule has 124 valence electrons. The van der Waals surface area contributed by atoms with Crippen LogP contribution in [0.2, 0.25) is 5.02 Å². The maximum atomic E-state index is 6.33. The Morgan fingerprint density at radius 3 is 2.96 bits per heavy atom. The average molecular weight is 360 g/mol. The molecule has 1 aromatic carbocycles. The first-order chi connectivity index (χ1) is 11.8. The summed E-state index contributed by atoms with van der Waals surface area (Å²) in [4.78, 5) is 2.40. The first-order valence-electron chi connectivity index (χ1n) is 8.15. The second-order valence-corrected chi connectivity index (χ2v) is 7.22. The van der Waals surface area contributed by atoms with Gasteiger partial charge in [0.2, 0.25) is 11.8 Å². The van der Waals surface area contributed by atoms with Gasteiger partial charge >= 0.3 is 0 Å². The molecule has 1 aliphatic heterocycles. The SMILES string of the molecule is Clc1ccccc1CN1CCCC[C@@H]1c1nnc(-c2ccsc2)o1. The van der Waals surface area contributed by atoms with Crippen molar-refractivity contribution in [1.82, 2.24) is 15.1 Å². The first-order valence-corrected chi connectivity index (χ1v) is 9.47. The summed E-state index contributed by atoms with van der Waals surface area (Å²) in [6.07, 6.45) is 3.40. The lowest BCUT2D eigenvalue weighted by Crippen LogP contribution is -2.33. The molecule has 6 heteroatoms. The van der Waals surface area contributed by atoms with Crippen molar-refractivity contribution in [2.24, 2.45) is 0 Å². The van der Waals surface area contributed by atoms with E-state index in [2.05, 4.69) is 21.2 Å². The molecule has 4 rings (SSSR count). The van der Waals surface area contributed by atoms with Crippen molar-refractivity contribution in [3.8, 4) is 11.5 Å². The number of likely N-dealkylation sites (tertiary alicyclic amines) is 1. The first kappa shape index (κ1) is 15.8. The van der Waals surface area contributed by atoms with Crippen molar-refractivity contribution in [3.63, 3.8) is 0 Å². The highest BCUT2D eigenvalue weighted by molar-refractivity contribution is 7.08. The molecule has 0 amide bonds. The Labute approximate surface area is 150 Å². The fourth-order valence-electron chi connectivity index (χ4n) is 3.18. The molecule has 0 saturated carbocycles. The Morgan fingerprint density at radius 2 is 2.12 bits per heavy atom. The van der Waals surface area contributed by atoms with Crippen LogP contribution in [0.3, 0.4) is 0 Å². The fraction of sp³-hybridized carbons (Fsp3) is 0.333. The number of hydrogen-bond donors (Lipinski definition) is 0. The van der Waals surface area contributed by atoms with Gasteiger partial charge in [-0.05, 0) is 42.5 Å². The zero-order valence-corrected chi connectivity index (χ0v) is 14.8. The van der Waals surface area contributed by atoms with Gasteiger partial charge in [-0.2, -0.15) is 11.3 Å². The summed E-state index contributed by atoms with van der Waals surface area (Å²) in [5.74, 6) is 1.32. The number of benzene rings is 1. The van der Waals surface area contributed by atoms with Gasteiger partial charge in [0.05, 0.1) is 6.04 Å². The van der Waals surface area contributed by atoms with Gasteiger partial charge in [-0.1, -0.05) is 36.2 Å². The Kier molecular flexibility index (Phi) is 4.65. The highest BCUT2D eigenvalue weighted by atomic mass is 35.5. The van der Waals surface area contributed by atoms with E-state index < -0.39 is 0 Å². The average Bonchev–Trinajstić information content (AvgIpc) is 3.28. The minimum atomic E-state index is 0.162. The predicted molar refractivity (Wildman–Crippen MR) is 96.1 cm³/mol. The van der Waals surface area contributed by atoms with Gasteiger partial charge < -0.3 is 4.42 Å². The Balaban J connectivity index is 1.57. The molecule has 0 N–H and O–H groups in total. The molecule has 1 saturated heterocycles. The molecule has 0 radical (unpaired) electrons. The summed E-state index contributed by atoms with van der Waals surface area (Å²) in [5, 5.41) is 13.4. The third-order valence-electron chi connectivity index (χ3n) is 4.44. The number of thiophene rings is 1. The van der Waals surface area contributed by atoms with E-state index in [1.165, 1.54) is 12.8 Å². The van der Waals surface area contributed by atoms with Crippen LogP contribution in [0.15, 0.2) is 45.5 Å². The van der Waals surface area contributed by atoms with Crippen molar-refractivity contribution in [2.45, 2.75) is 31.8 Å². The second kappa shape index (κ2) is 7.05. The predicted octanol–water partition coefficient (Wildman–Crippen LogP) is 5.18. The Hall–Kier alpha value is -1.69. The van der Waals surface area contributed by atoms with E-state index in [4.69, 9.17) is 16.0 Å². The molecule has 3 heterocycles. The number of piperidine rings is 1. The third kappa shape index (κ3) is 3.24. The normalized spacial score (nSPS) is 18.8. The quantitative estimate of drug-likeness (QED) is 0.643. The number of rotatable bonds is 4. The molecule has 0 unspecified atom stereocenters. The summed E-state index contributed by atoms with van der Waals surface area (Å²) >= 11 is 7.96. The molecule has 1 aliphatic rings. The van der Waals surface area contributed by atoms with E-state index >= 15 is 0 Å². The van der Waals surface area contributed by atoms with Crippen LogP contribution in [0.5, 0.6) is 0 Å². The molecule has 1 fully saturated rings. The molecular weight excluding hydrogens is 342 g/mol. The molecule has 0 bridgehead atoms. The molecule has 2 aromatic heterocycles. The fourth-order valence-corrected chi connectivity index (χ4v) is 4.00. The van der Waals surface area contributed by atoms with E-state index in [-0.39, 0.29) is 6.04 Å². The lowest BCUT2D eigenvalue weighted by Gasteiger charge is -2.33. The number of nitrogens with zero attached hydrogens (tertiary/aromatic N) is 3. The van der Waals surface area contributed by atoms with Crippen LogP contribution in [0.1, 0.15) is 36.8 Å². The van der Waals surface area contributed by atoms with E-state index in [9.17, 15) is 0 Å². The largest absolute Gasteiger partial charge is 0.419 e. The van der Waals surface area contributed by atoms with Gasteiger partial charge in [0.1, 0.15) is 0 Å². The second-order valence-electron chi connectivity index (χ2n) is 6.03. The van der Waals surface area contributed by atoms with Gasteiger partial charge in [-0.15, -0.1) is 10.2 Å². The van der Waals surface area contributed by atoms with Crippen molar-refractivity contribution in [1.29, 1.82) is 0 Å². The van der Waals surface area contributed by atoms with Crippen LogP contribution >= 0.6 is 22.9 Å². The van der Waals surface area contributed by atoms with E-state index in [0.717, 1.165) is 35.7 Å². The van der Waals surface area contributed by atoms with Crippen LogP contribution in [0.25, 0.3) is 11.5 Å². The van der Waals surface area contributed by atoms with Gasteiger partial charge in [0.25, 0.3) is 0 Å². The van der Waals surface area contributed by atoms with Gasteiger partial charge in [0.15, 0.2) is 0 Å². The standard InChI is InChI=1S/C18H18ClN3OS/c19-15-6-2-1-5-13(15)11-22-9-4-3-7-16(22)18-21-20-17(23-18)14-8-10-24-12-14/h1-2,5-6,8,10,12,16H,3-4,7,9,11H2/t16-/m1/s1. The van der Waals surface area contributed by atoms with E-state index in [1.54, 1.807) is 11.3 Å². The molecule has 0 aliphatic carbocycles. The molecule has 4 nitrogen and oxygen atoms in total. The van der Waals surface area contributed by atoms with E-state index in [1.807, 2.05) is 35.0 Å². The maximum Gasteiger partial charge on any atom is 0.248 e. The van der Waals surface area contributed by atoms with Crippen LogP contribution in [0, 0.1) is 0 Å². The summed E-state index contributed by atoms with van der Waals surface area (Å²) < 4.78 is 5.98. The highest BCUT2D eigenvalue weighted by Crippen LogP contribution is 2.34. The van der Waals surface area contributed by atoms with Crippen LogP contribution in [-0.2, 0) is 6.54 Å². The molecular formula is C18H18ClN3OS. The third-order valence-corrected chi connectivity index (χ3v) is 5.49. The summed E-state index contributed by atoms with van der Waals surface area (Å²) in [7, 11) is 0. The Bertz CT molecular complexity index is 802. The number of halogens is 1. The zero-order chi connectivity index (χ0) is 16.4. The summed E-state index contributed by atoms with van der Waals surface area (Å²) in [6, 6.07) is 10.2. The molecule has 24 heavy (non-hydrogen) atoms. The van der Waals surface area contributed by atoms with Crippen molar-refractivity contribution < 1.29 is 4.42 Å². The van der Waals surface area contributed by atoms with Gasteiger partial charge in [-0.3, -0.25) is 4.90 Å². The minimum Gasteiger partial charge on any atom is -0.419 e. The minimum absolute atomic E-state index is 0.162. The molecule has 1 atom stereocenters. The zero-order valence-electron chi connectivity index (χ0n) is 13.2. The highest BCUT2D eigenvalue weighted by Gasteiger charge is 2.29.